The van der Waals surface area contributed by atoms with Crippen LogP contribution in [-0.2, 0) is 11.3 Å². The highest BCUT2D eigenvalue weighted by atomic mass is 32.1. The molecule has 0 spiro atoms. The van der Waals surface area contributed by atoms with Gasteiger partial charge in [0.25, 0.3) is 0 Å². The van der Waals surface area contributed by atoms with Crippen molar-refractivity contribution in [1.82, 2.24) is 9.78 Å². The Kier molecular flexibility index (Phi) is 4.34. The highest BCUT2D eigenvalue weighted by molar-refractivity contribution is 7.80. The van der Waals surface area contributed by atoms with E-state index in [0.29, 0.717) is 6.61 Å². The maximum Gasteiger partial charge on any atom is 0.168 e. The van der Waals surface area contributed by atoms with Crippen molar-refractivity contribution in [3.05, 3.63) is 12.4 Å². The number of nitrogens with two attached hydrogens (primary N) is 1. The third-order valence-corrected chi connectivity index (χ3v) is 1.67. The molecule has 78 valence electrons. The fraction of sp³-hybridized carbons (Fsp3) is 0.500. The molecule has 0 saturated carbocycles. The van der Waals surface area contributed by atoms with E-state index in [1.807, 2.05) is 13.1 Å². The zero-order chi connectivity index (χ0) is 10.4. The molecule has 0 unspecified atom stereocenters. The molecule has 1 rings (SSSR count). The first-order valence-electron chi connectivity index (χ1n) is 4.39. The second-order valence-electron chi connectivity index (χ2n) is 2.68. The maximum atomic E-state index is 5.31. The molecule has 1 aromatic rings. The molecule has 1 aromatic heterocycles. The number of thiocarbonyl (C=S) groups is 1. The molecule has 14 heavy (non-hydrogen) atoms. The first-order valence-corrected chi connectivity index (χ1v) is 4.80. The predicted molar refractivity (Wildman–Crippen MR) is 59.1 cm³/mol. The van der Waals surface area contributed by atoms with Crippen LogP contribution < -0.4 is 11.1 Å². The average molecular weight is 214 g/mol. The third-order valence-electron chi connectivity index (χ3n) is 1.57. The molecule has 0 bridgehead atoms. The standard InChI is InChI=1S/C8H14N4OS/c1-2-13-4-3-12-6-7(5-10-12)11-8(9)14/h5-6H,2-4H2,1H3,(H3,9,11,14). The van der Waals surface area contributed by atoms with Gasteiger partial charge >= 0.3 is 0 Å². The number of nitrogens with zero attached hydrogens (tertiary/aromatic N) is 2. The molecular formula is C8H14N4OS. The van der Waals surface area contributed by atoms with Crippen LogP contribution in [0.4, 0.5) is 5.69 Å². The van der Waals surface area contributed by atoms with Crippen molar-refractivity contribution in [3.8, 4) is 0 Å². The van der Waals surface area contributed by atoms with Crippen LogP contribution in [0, 0.1) is 0 Å². The van der Waals surface area contributed by atoms with E-state index >= 15 is 0 Å². The van der Waals surface area contributed by atoms with Gasteiger partial charge in [-0.1, -0.05) is 0 Å². The van der Waals surface area contributed by atoms with Crippen LogP contribution in [0.25, 0.3) is 0 Å². The van der Waals surface area contributed by atoms with Gasteiger partial charge in [0.15, 0.2) is 5.11 Å². The van der Waals surface area contributed by atoms with Crippen molar-refractivity contribution in [3.63, 3.8) is 0 Å². The summed E-state index contributed by atoms with van der Waals surface area (Å²) in [6.07, 6.45) is 3.50. The smallest absolute Gasteiger partial charge is 0.168 e. The van der Waals surface area contributed by atoms with Gasteiger partial charge < -0.3 is 15.8 Å². The maximum absolute atomic E-state index is 5.31. The van der Waals surface area contributed by atoms with Gasteiger partial charge in [-0.25, -0.2) is 0 Å². The summed E-state index contributed by atoms with van der Waals surface area (Å²) in [4.78, 5) is 0. The zero-order valence-electron chi connectivity index (χ0n) is 8.06. The number of hydrogen-bond acceptors (Lipinski definition) is 3. The van der Waals surface area contributed by atoms with Crippen molar-refractivity contribution in [2.75, 3.05) is 18.5 Å². The number of ether oxygens (including phenoxy) is 1. The second-order valence-corrected chi connectivity index (χ2v) is 3.12. The normalized spacial score (nSPS) is 10.1. The summed E-state index contributed by atoms with van der Waals surface area (Å²) in [7, 11) is 0. The fourth-order valence-electron chi connectivity index (χ4n) is 0.995. The van der Waals surface area contributed by atoms with E-state index in [-0.39, 0.29) is 5.11 Å². The number of aromatic nitrogens is 2. The highest BCUT2D eigenvalue weighted by Gasteiger charge is 1.98. The lowest BCUT2D eigenvalue weighted by molar-refractivity contribution is 0.136. The van der Waals surface area contributed by atoms with Gasteiger partial charge in [-0.15, -0.1) is 0 Å². The topological polar surface area (TPSA) is 65.1 Å². The molecule has 3 N–H and O–H groups in total. The molecular weight excluding hydrogens is 200 g/mol. The van der Waals surface area contributed by atoms with Gasteiger partial charge in [-0.05, 0) is 19.1 Å². The Bertz CT molecular complexity index is 299. The van der Waals surface area contributed by atoms with Gasteiger partial charge in [0, 0.05) is 12.8 Å². The molecule has 0 aliphatic carbocycles. The van der Waals surface area contributed by atoms with Crippen molar-refractivity contribution in [2.45, 2.75) is 13.5 Å². The molecule has 0 saturated heterocycles. The van der Waals surface area contributed by atoms with Gasteiger partial charge in [0.2, 0.25) is 0 Å². The molecule has 0 fully saturated rings. The molecule has 0 radical (unpaired) electrons. The third kappa shape index (κ3) is 3.71. The lowest BCUT2D eigenvalue weighted by Crippen LogP contribution is -2.18. The summed E-state index contributed by atoms with van der Waals surface area (Å²) in [5.74, 6) is 0. The minimum atomic E-state index is 0.245. The molecule has 5 nitrogen and oxygen atoms in total. The molecule has 0 aliphatic heterocycles. The van der Waals surface area contributed by atoms with Crippen molar-refractivity contribution in [1.29, 1.82) is 0 Å². The second kappa shape index (κ2) is 5.56. The van der Waals surface area contributed by atoms with E-state index < -0.39 is 0 Å². The molecule has 0 amide bonds. The largest absolute Gasteiger partial charge is 0.380 e. The Balaban J connectivity index is 2.38. The Morgan fingerprint density at radius 3 is 3.21 bits per heavy atom. The highest BCUT2D eigenvalue weighted by Crippen LogP contribution is 2.03. The monoisotopic (exact) mass is 214 g/mol. The summed E-state index contributed by atoms with van der Waals surface area (Å²) in [6.45, 7) is 4.07. The lowest BCUT2D eigenvalue weighted by Gasteiger charge is -2.01. The summed E-state index contributed by atoms with van der Waals surface area (Å²) >= 11 is 4.70. The summed E-state index contributed by atoms with van der Waals surface area (Å²) in [5, 5.41) is 7.15. The molecule has 1 heterocycles. The number of hydrogen-bond donors (Lipinski definition) is 2. The van der Waals surface area contributed by atoms with E-state index in [1.165, 1.54) is 0 Å². The van der Waals surface area contributed by atoms with Crippen LogP contribution in [0.2, 0.25) is 0 Å². The minimum Gasteiger partial charge on any atom is -0.380 e. The first-order chi connectivity index (χ1) is 6.72. The Morgan fingerprint density at radius 1 is 1.79 bits per heavy atom. The van der Waals surface area contributed by atoms with Crippen LogP contribution in [0.5, 0.6) is 0 Å². The quantitative estimate of drug-likeness (QED) is 0.554. The lowest BCUT2D eigenvalue weighted by atomic mass is 10.6. The molecule has 0 aromatic carbocycles. The number of nitrogens with one attached hydrogen (secondary N) is 1. The SMILES string of the molecule is CCOCCn1cc(NC(N)=S)cn1. The average Bonchev–Trinajstić information content (AvgIpc) is 2.52. The van der Waals surface area contributed by atoms with Gasteiger partial charge in [-0.2, -0.15) is 5.10 Å². The Labute approximate surface area is 88.2 Å². The van der Waals surface area contributed by atoms with Crippen LogP contribution >= 0.6 is 12.2 Å². The van der Waals surface area contributed by atoms with Crippen LogP contribution in [-0.4, -0.2) is 28.1 Å². The molecule has 0 aliphatic rings. The first kappa shape index (κ1) is 10.9. The zero-order valence-corrected chi connectivity index (χ0v) is 8.88. The molecule has 6 heteroatoms. The number of anilines is 1. The van der Waals surface area contributed by atoms with Crippen LogP contribution in [0.3, 0.4) is 0 Å². The summed E-state index contributed by atoms with van der Waals surface area (Å²) in [6, 6.07) is 0. The van der Waals surface area contributed by atoms with Crippen molar-refractivity contribution >= 4 is 23.0 Å². The summed E-state index contributed by atoms with van der Waals surface area (Å²) in [5.41, 5.74) is 6.11. The number of rotatable bonds is 5. The minimum absolute atomic E-state index is 0.245. The predicted octanol–water partition coefficient (Wildman–Crippen LogP) is 0.575. The van der Waals surface area contributed by atoms with Crippen molar-refractivity contribution < 1.29 is 4.74 Å². The van der Waals surface area contributed by atoms with Crippen LogP contribution in [0.1, 0.15) is 6.92 Å². The van der Waals surface area contributed by atoms with E-state index in [2.05, 4.69) is 10.4 Å². The van der Waals surface area contributed by atoms with Gasteiger partial charge in [-0.3, -0.25) is 4.68 Å². The van der Waals surface area contributed by atoms with Crippen molar-refractivity contribution in [2.24, 2.45) is 5.73 Å². The summed E-state index contributed by atoms with van der Waals surface area (Å²) < 4.78 is 6.97. The Hall–Kier alpha value is -1.14. The Morgan fingerprint density at radius 2 is 2.57 bits per heavy atom. The van der Waals surface area contributed by atoms with Gasteiger partial charge in [0.1, 0.15) is 0 Å². The van der Waals surface area contributed by atoms with Crippen LogP contribution in [0.15, 0.2) is 12.4 Å². The van der Waals surface area contributed by atoms with E-state index in [0.717, 1.165) is 18.8 Å². The van der Waals surface area contributed by atoms with E-state index in [4.69, 9.17) is 22.7 Å². The fourth-order valence-corrected chi connectivity index (χ4v) is 1.11. The molecule has 0 atom stereocenters. The van der Waals surface area contributed by atoms with E-state index in [9.17, 15) is 0 Å². The van der Waals surface area contributed by atoms with E-state index in [1.54, 1.807) is 10.9 Å². The van der Waals surface area contributed by atoms with Gasteiger partial charge in [0.05, 0.1) is 25.0 Å².